The number of hydrogen-bond acceptors (Lipinski definition) is 9. The van der Waals surface area contributed by atoms with E-state index in [2.05, 4.69) is 15.6 Å². The van der Waals surface area contributed by atoms with Gasteiger partial charge < -0.3 is 30.1 Å². The minimum Gasteiger partial charge on any atom is -0.497 e. The van der Waals surface area contributed by atoms with E-state index in [0.29, 0.717) is 35.7 Å². The van der Waals surface area contributed by atoms with Crippen molar-refractivity contribution in [2.24, 2.45) is 5.92 Å². The SMILES string of the molecule is COc1ccc(-c2nn([C@H]3C[C@H]4C(=O)N[C@]5(C(=O)O)C[C@H]5/C=C\CCCCC[C@H](NC(=O)OC(C)(C)C)C(=O)N4C3)nc2-c2ccccn2)cc1. The quantitative estimate of drug-likeness (QED) is 0.310. The third kappa shape index (κ3) is 7.89. The van der Waals surface area contributed by atoms with Crippen molar-refractivity contribution in [2.45, 2.75) is 95.0 Å². The van der Waals surface area contributed by atoms with Gasteiger partial charge in [0.15, 0.2) is 0 Å². The van der Waals surface area contributed by atoms with Crippen molar-refractivity contribution < 1.29 is 33.8 Å². The second-order valence-electron chi connectivity index (χ2n) is 14.4. The number of allylic oxidation sites excluding steroid dienone is 1. The van der Waals surface area contributed by atoms with Crippen LogP contribution in [0.5, 0.6) is 5.75 Å². The highest BCUT2D eigenvalue weighted by molar-refractivity contribution is 5.96. The Morgan fingerprint density at radius 3 is 2.49 bits per heavy atom. The number of carboxylic acids is 1. The Kier molecular flexibility index (Phi) is 10.1. The normalized spacial score (nSPS) is 26.1. The van der Waals surface area contributed by atoms with Crippen LogP contribution < -0.4 is 15.4 Å². The van der Waals surface area contributed by atoms with E-state index in [4.69, 9.17) is 19.7 Å². The Labute approximate surface area is 296 Å². The lowest BCUT2D eigenvalue weighted by Crippen LogP contribution is -2.56. The number of hydrogen-bond donors (Lipinski definition) is 3. The molecule has 14 nitrogen and oxygen atoms in total. The molecular weight excluding hydrogens is 654 g/mol. The minimum atomic E-state index is -1.45. The first kappa shape index (κ1) is 35.6. The van der Waals surface area contributed by atoms with Gasteiger partial charge in [-0.15, -0.1) is 0 Å². The molecule has 3 amide bonds. The minimum absolute atomic E-state index is 0.0468. The number of ether oxygens (including phenoxy) is 2. The van der Waals surface area contributed by atoms with Crippen LogP contribution in [0.15, 0.2) is 60.8 Å². The number of rotatable bonds is 6. The van der Waals surface area contributed by atoms with Gasteiger partial charge in [0.25, 0.3) is 0 Å². The van der Waals surface area contributed by atoms with Crippen molar-refractivity contribution in [3.05, 3.63) is 60.8 Å². The van der Waals surface area contributed by atoms with Gasteiger partial charge >= 0.3 is 12.1 Å². The average molecular weight is 700 g/mol. The molecule has 51 heavy (non-hydrogen) atoms. The molecule has 1 saturated heterocycles. The number of amides is 3. The summed E-state index contributed by atoms with van der Waals surface area (Å²) in [5.41, 5.74) is 0.190. The van der Waals surface area contributed by atoms with Gasteiger partial charge in [-0.05, 0) is 82.9 Å². The second-order valence-corrected chi connectivity index (χ2v) is 14.4. The maximum atomic E-state index is 14.4. The topological polar surface area (TPSA) is 178 Å². The molecule has 1 aliphatic carbocycles. The molecule has 270 valence electrons. The number of nitrogens with zero attached hydrogens (tertiary/aromatic N) is 5. The fourth-order valence-corrected chi connectivity index (χ4v) is 6.80. The molecule has 3 N–H and O–H groups in total. The average Bonchev–Trinajstić information content (AvgIpc) is 3.40. The standard InChI is InChI=1S/C37H45N7O7/c1-36(2,3)51-35(49)39-28-14-9-7-5-6-8-12-24-21-37(24,34(47)48)40-32(45)29-20-25(22-43(29)33(28)46)44-41-30(23-15-17-26(50-4)18-16-23)31(42-44)27-13-10-11-19-38-27/h8,10-13,15-19,24-25,28-29H,5-7,9,14,20-22H2,1-4H3,(H,39,49)(H,40,45)(H,47,48)/b12-8-/t24-,25+,28+,29+,37-/m1/s1. The summed E-state index contributed by atoms with van der Waals surface area (Å²) in [6, 6.07) is 10.3. The van der Waals surface area contributed by atoms with Crippen LogP contribution in [0.3, 0.4) is 0 Å². The van der Waals surface area contributed by atoms with E-state index in [0.717, 1.165) is 24.8 Å². The number of benzene rings is 1. The fraction of sp³-hybridized carbons (Fsp3) is 0.486. The molecule has 0 unspecified atom stereocenters. The van der Waals surface area contributed by atoms with Gasteiger partial charge in [0.05, 0.1) is 18.8 Å². The number of pyridine rings is 1. The molecule has 2 fully saturated rings. The van der Waals surface area contributed by atoms with Crippen molar-refractivity contribution >= 4 is 23.9 Å². The van der Waals surface area contributed by atoms with Crippen LogP contribution in [0.4, 0.5) is 4.79 Å². The molecule has 14 heteroatoms. The molecule has 2 aromatic heterocycles. The highest BCUT2D eigenvalue weighted by Crippen LogP contribution is 2.45. The summed E-state index contributed by atoms with van der Waals surface area (Å²) >= 11 is 0. The number of nitrogens with one attached hydrogen (secondary N) is 2. The van der Waals surface area contributed by atoms with Crippen molar-refractivity contribution in [3.8, 4) is 28.4 Å². The Bertz CT molecular complexity index is 1790. The predicted molar refractivity (Wildman–Crippen MR) is 186 cm³/mol. The van der Waals surface area contributed by atoms with Gasteiger partial charge in [-0.3, -0.25) is 14.6 Å². The highest BCUT2D eigenvalue weighted by Gasteiger charge is 2.61. The molecule has 6 rings (SSSR count). The molecule has 3 aliphatic rings. The van der Waals surface area contributed by atoms with Crippen LogP contribution in [0.25, 0.3) is 22.6 Å². The molecule has 0 spiro atoms. The molecule has 0 bridgehead atoms. The van der Waals surface area contributed by atoms with Crippen molar-refractivity contribution in [1.29, 1.82) is 0 Å². The van der Waals surface area contributed by atoms with Crippen LogP contribution in [0.2, 0.25) is 0 Å². The maximum Gasteiger partial charge on any atom is 0.408 e. The molecule has 1 aromatic carbocycles. The van der Waals surface area contributed by atoms with Crippen molar-refractivity contribution in [1.82, 2.24) is 35.5 Å². The van der Waals surface area contributed by atoms with E-state index >= 15 is 0 Å². The number of methoxy groups -OCH3 is 1. The third-order valence-corrected chi connectivity index (χ3v) is 9.56. The van der Waals surface area contributed by atoms with Gasteiger partial charge in [0.2, 0.25) is 11.8 Å². The summed E-state index contributed by atoms with van der Waals surface area (Å²) in [6.45, 7) is 5.27. The van der Waals surface area contributed by atoms with E-state index in [9.17, 15) is 24.3 Å². The monoisotopic (exact) mass is 699 g/mol. The number of aliphatic carboxylic acids is 1. The smallest absolute Gasteiger partial charge is 0.408 e. The zero-order valence-corrected chi connectivity index (χ0v) is 29.4. The van der Waals surface area contributed by atoms with Crippen LogP contribution >= 0.6 is 0 Å². The Hall–Kier alpha value is -5.27. The predicted octanol–water partition coefficient (Wildman–Crippen LogP) is 4.53. The van der Waals surface area contributed by atoms with E-state index in [1.165, 1.54) is 9.70 Å². The number of carboxylic acid groups (broad SMARTS) is 1. The first-order chi connectivity index (χ1) is 24.4. The van der Waals surface area contributed by atoms with Crippen LogP contribution in [-0.4, -0.2) is 90.7 Å². The van der Waals surface area contributed by atoms with E-state index in [1.807, 2.05) is 48.6 Å². The molecular formula is C37H45N7O7. The van der Waals surface area contributed by atoms with E-state index in [-0.39, 0.29) is 25.3 Å². The second kappa shape index (κ2) is 14.5. The van der Waals surface area contributed by atoms with Crippen molar-refractivity contribution in [3.63, 3.8) is 0 Å². The summed E-state index contributed by atoms with van der Waals surface area (Å²) in [6.07, 6.45) is 8.49. The number of alkyl carbamates (subject to hydrolysis) is 1. The lowest BCUT2D eigenvalue weighted by molar-refractivity contribution is -0.145. The summed E-state index contributed by atoms with van der Waals surface area (Å²) in [5.74, 6) is -1.84. The number of aromatic nitrogens is 4. The van der Waals surface area contributed by atoms with E-state index in [1.54, 1.807) is 40.1 Å². The molecule has 4 heterocycles. The first-order valence-corrected chi connectivity index (χ1v) is 17.4. The summed E-state index contributed by atoms with van der Waals surface area (Å²) in [5, 5.41) is 25.5. The Morgan fingerprint density at radius 2 is 1.80 bits per heavy atom. The first-order valence-electron chi connectivity index (χ1n) is 17.4. The summed E-state index contributed by atoms with van der Waals surface area (Å²) in [4.78, 5) is 61.5. The summed E-state index contributed by atoms with van der Waals surface area (Å²) in [7, 11) is 1.59. The van der Waals surface area contributed by atoms with Crippen LogP contribution in [0, 0.1) is 5.92 Å². The van der Waals surface area contributed by atoms with Gasteiger partial charge in [-0.1, -0.05) is 31.1 Å². The Balaban J connectivity index is 1.37. The van der Waals surface area contributed by atoms with Gasteiger partial charge in [0.1, 0.15) is 40.4 Å². The number of carbonyl (C=O) groups is 4. The number of fused-ring (bicyclic) bond motifs is 2. The molecule has 2 aliphatic heterocycles. The Morgan fingerprint density at radius 1 is 1.04 bits per heavy atom. The number of carbonyl (C=O) groups excluding carboxylic acids is 3. The zero-order valence-electron chi connectivity index (χ0n) is 29.4. The highest BCUT2D eigenvalue weighted by atomic mass is 16.6. The molecule has 3 aromatic rings. The van der Waals surface area contributed by atoms with Gasteiger partial charge in [-0.25, -0.2) is 9.59 Å². The molecule has 0 radical (unpaired) electrons. The third-order valence-electron chi connectivity index (χ3n) is 9.56. The fourth-order valence-electron chi connectivity index (χ4n) is 6.80. The van der Waals surface area contributed by atoms with Crippen molar-refractivity contribution in [2.75, 3.05) is 13.7 Å². The lowest BCUT2D eigenvalue weighted by atomic mass is 10.0. The lowest BCUT2D eigenvalue weighted by Gasteiger charge is -2.30. The molecule has 5 atom stereocenters. The van der Waals surface area contributed by atoms with Gasteiger partial charge in [-0.2, -0.15) is 15.0 Å². The summed E-state index contributed by atoms with van der Waals surface area (Å²) < 4.78 is 10.8. The van der Waals surface area contributed by atoms with E-state index < -0.39 is 53.1 Å². The van der Waals surface area contributed by atoms with Crippen LogP contribution in [-0.2, 0) is 19.1 Å². The zero-order chi connectivity index (χ0) is 36.3. The van der Waals surface area contributed by atoms with Crippen LogP contribution in [0.1, 0.15) is 71.8 Å². The van der Waals surface area contributed by atoms with Gasteiger partial charge in [0, 0.05) is 30.6 Å². The largest absolute Gasteiger partial charge is 0.497 e. The maximum absolute atomic E-state index is 14.4. The molecule has 1 saturated carbocycles.